The SMILES string of the molecule is COc1cc(N2CCN(CC(O)CN)CC2)ccc1Cl. The zero-order chi connectivity index (χ0) is 14.5. The van der Waals surface area contributed by atoms with E-state index in [1.807, 2.05) is 18.2 Å². The number of nitrogens with zero attached hydrogens (tertiary/aromatic N) is 2. The predicted molar refractivity (Wildman–Crippen MR) is 81.7 cm³/mol. The number of aliphatic hydroxyl groups excluding tert-OH is 1. The number of halogens is 1. The number of piperazine rings is 1. The molecule has 0 bridgehead atoms. The second-order valence-corrected chi connectivity index (χ2v) is 5.40. The fourth-order valence-corrected chi connectivity index (χ4v) is 2.60. The molecule has 0 radical (unpaired) electrons. The lowest BCUT2D eigenvalue weighted by molar-refractivity contribution is 0.115. The van der Waals surface area contributed by atoms with Crippen molar-refractivity contribution in [3.05, 3.63) is 23.2 Å². The van der Waals surface area contributed by atoms with E-state index in [0.717, 1.165) is 31.9 Å². The third-order valence-corrected chi connectivity index (χ3v) is 3.93. The van der Waals surface area contributed by atoms with Crippen molar-refractivity contribution in [3.63, 3.8) is 0 Å². The minimum Gasteiger partial charge on any atom is -0.495 e. The summed E-state index contributed by atoms with van der Waals surface area (Å²) in [6.07, 6.45) is -0.433. The van der Waals surface area contributed by atoms with Crippen molar-refractivity contribution in [2.75, 3.05) is 51.3 Å². The first kappa shape index (κ1) is 15.4. The highest BCUT2D eigenvalue weighted by atomic mass is 35.5. The van der Waals surface area contributed by atoms with Crippen LogP contribution < -0.4 is 15.4 Å². The van der Waals surface area contributed by atoms with E-state index < -0.39 is 6.10 Å². The van der Waals surface area contributed by atoms with E-state index in [1.54, 1.807) is 7.11 Å². The molecule has 0 spiro atoms. The number of nitrogens with two attached hydrogens (primary N) is 1. The Morgan fingerprint density at radius 2 is 2.05 bits per heavy atom. The summed E-state index contributed by atoms with van der Waals surface area (Å²) in [6.45, 7) is 4.64. The second kappa shape index (κ2) is 7.13. The molecule has 0 aromatic heterocycles. The number of anilines is 1. The van der Waals surface area contributed by atoms with Crippen LogP contribution in [0.4, 0.5) is 5.69 Å². The van der Waals surface area contributed by atoms with Gasteiger partial charge in [0.25, 0.3) is 0 Å². The maximum Gasteiger partial charge on any atom is 0.139 e. The van der Waals surface area contributed by atoms with E-state index in [1.165, 1.54) is 0 Å². The molecule has 20 heavy (non-hydrogen) atoms. The largest absolute Gasteiger partial charge is 0.495 e. The Bertz CT molecular complexity index is 436. The third kappa shape index (κ3) is 3.76. The van der Waals surface area contributed by atoms with E-state index in [-0.39, 0.29) is 0 Å². The zero-order valence-corrected chi connectivity index (χ0v) is 12.5. The topological polar surface area (TPSA) is 62.0 Å². The lowest BCUT2D eigenvalue weighted by Crippen LogP contribution is -2.49. The fourth-order valence-electron chi connectivity index (χ4n) is 2.41. The van der Waals surface area contributed by atoms with Gasteiger partial charge < -0.3 is 20.5 Å². The Kier molecular flexibility index (Phi) is 5.48. The van der Waals surface area contributed by atoms with E-state index >= 15 is 0 Å². The van der Waals surface area contributed by atoms with E-state index in [9.17, 15) is 5.11 Å². The number of benzene rings is 1. The summed E-state index contributed by atoms with van der Waals surface area (Å²) in [5.41, 5.74) is 6.56. The molecule has 1 fully saturated rings. The molecule has 1 atom stereocenters. The molecule has 1 aromatic carbocycles. The molecule has 6 heteroatoms. The highest BCUT2D eigenvalue weighted by Crippen LogP contribution is 2.29. The number of aliphatic hydroxyl groups is 1. The van der Waals surface area contributed by atoms with Crippen LogP contribution in [0.1, 0.15) is 0 Å². The van der Waals surface area contributed by atoms with Gasteiger partial charge in [0.2, 0.25) is 0 Å². The van der Waals surface area contributed by atoms with Crippen LogP contribution in [0.3, 0.4) is 0 Å². The van der Waals surface area contributed by atoms with Crippen LogP contribution in [0.5, 0.6) is 5.75 Å². The zero-order valence-electron chi connectivity index (χ0n) is 11.8. The summed E-state index contributed by atoms with van der Waals surface area (Å²) in [5.74, 6) is 0.699. The Morgan fingerprint density at radius 3 is 2.65 bits per heavy atom. The highest BCUT2D eigenvalue weighted by molar-refractivity contribution is 6.32. The molecule has 0 amide bonds. The highest BCUT2D eigenvalue weighted by Gasteiger charge is 2.19. The first-order valence-electron chi connectivity index (χ1n) is 6.83. The first-order chi connectivity index (χ1) is 9.63. The van der Waals surface area contributed by atoms with Gasteiger partial charge in [-0.15, -0.1) is 0 Å². The summed E-state index contributed by atoms with van der Waals surface area (Å²) < 4.78 is 5.25. The summed E-state index contributed by atoms with van der Waals surface area (Å²) in [5, 5.41) is 10.2. The number of β-amino-alcohol motifs (C(OH)–C–C–N with tert-alkyl or cyclic N) is 1. The van der Waals surface area contributed by atoms with Gasteiger partial charge in [-0.25, -0.2) is 0 Å². The molecule has 0 saturated carbocycles. The number of hydrogen-bond donors (Lipinski definition) is 2. The average molecular weight is 300 g/mol. The summed E-state index contributed by atoms with van der Waals surface area (Å²) in [7, 11) is 1.62. The molecule has 1 heterocycles. The monoisotopic (exact) mass is 299 g/mol. The van der Waals surface area contributed by atoms with Crippen LogP contribution in [-0.4, -0.2) is 62.5 Å². The summed E-state index contributed by atoms with van der Waals surface area (Å²) >= 11 is 6.04. The van der Waals surface area contributed by atoms with Crippen molar-refractivity contribution in [1.29, 1.82) is 0 Å². The number of hydrogen-bond acceptors (Lipinski definition) is 5. The molecule has 3 N–H and O–H groups in total. The Labute approximate surface area is 124 Å². The van der Waals surface area contributed by atoms with Gasteiger partial charge in [-0.05, 0) is 12.1 Å². The standard InChI is InChI=1S/C14H22ClN3O2/c1-20-14-8-11(2-3-13(14)15)18-6-4-17(5-7-18)10-12(19)9-16/h2-3,8,12,19H,4-7,9-10,16H2,1H3. The molecule has 1 saturated heterocycles. The molecule has 0 aliphatic carbocycles. The Hall–Kier alpha value is -1.01. The summed E-state index contributed by atoms with van der Waals surface area (Å²) in [6, 6.07) is 5.84. The lowest BCUT2D eigenvalue weighted by Gasteiger charge is -2.36. The maximum atomic E-state index is 9.58. The second-order valence-electron chi connectivity index (χ2n) is 5.00. The van der Waals surface area contributed by atoms with Crippen molar-refractivity contribution in [1.82, 2.24) is 4.90 Å². The van der Waals surface area contributed by atoms with Crippen LogP contribution in [0.15, 0.2) is 18.2 Å². The quantitative estimate of drug-likeness (QED) is 0.842. The molecular formula is C14H22ClN3O2. The van der Waals surface area contributed by atoms with E-state index in [2.05, 4.69) is 9.80 Å². The number of methoxy groups -OCH3 is 1. The van der Waals surface area contributed by atoms with Gasteiger partial charge in [0.1, 0.15) is 5.75 Å². The molecule has 1 aliphatic rings. The Morgan fingerprint density at radius 1 is 1.35 bits per heavy atom. The van der Waals surface area contributed by atoms with Gasteiger partial charge >= 0.3 is 0 Å². The first-order valence-corrected chi connectivity index (χ1v) is 7.21. The molecule has 112 valence electrons. The third-order valence-electron chi connectivity index (χ3n) is 3.61. The lowest BCUT2D eigenvalue weighted by atomic mass is 10.2. The van der Waals surface area contributed by atoms with Crippen molar-refractivity contribution in [2.24, 2.45) is 5.73 Å². The minimum absolute atomic E-state index is 0.314. The van der Waals surface area contributed by atoms with Crippen LogP contribution in [0.2, 0.25) is 5.02 Å². The van der Waals surface area contributed by atoms with Gasteiger partial charge in [-0.3, -0.25) is 4.90 Å². The van der Waals surface area contributed by atoms with E-state index in [0.29, 0.717) is 23.9 Å². The minimum atomic E-state index is -0.433. The average Bonchev–Trinajstić information content (AvgIpc) is 2.48. The smallest absolute Gasteiger partial charge is 0.139 e. The molecule has 2 rings (SSSR count). The van der Waals surface area contributed by atoms with E-state index in [4.69, 9.17) is 22.1 Å². The molecule has 1 aliphatic heterocycles. The Balaban J connectivity index is 1.93. The van der Waals surface area contributed by atoms with Crippen molar-refractivity contribution in [2.45, 2.75) is 6.10 Å². The molecule has 1 aromatic rings. The van der Waals surface area contributed by atoms with Gasteiger partial charge in [-0.2, -0.15) is 0 Å². The van der Waals surface area contributed by atoms with Gasteiger partial charge in [0, 0.05) is 51.0 Å². The van der Waals surface area contributed by atoms with Crippen molar-refractivity contribution < 1.29 is 9.84 Å². The van der Waals surface area contributed by atoms with Gasteiger partial charge in [-0.1, -0.05) is 11.6 Å². The van der Waals surface area contributed by atoms with Crippen molar-refractivity contribution >= 4 is 17.3 Å². The van der Waals surface area contributed by atoms with Crippen molar-refractivity contribution in [3.8, 4) is 5.75 Å². The maximum absolute atomic E-state index is 9.58. The van der Waals surface area contributed by atoms with Crippen LogP contribution >= 0.6 is 11.6 Å². The van der Waals surface area contributed by atoms with Gasteiger partial charge in [0.15, 0.2) is 0 Å². The number of ether oxygens (including phenoxy) is 1. The predicted octanol–water partition coefficient (Wildman–Crippen LogP) is 0.790. The number of rotatable bonds is 5. The van der Waals surface area contributed by atoms with Crippen LogP contribution in [-0.2, 0) is 0 Å². The van der Waals surface area contributed by atoms with Gasteiger partial charge in [0.05, 0.1) is 18.2 Å². The summed E-state index contributed by atoms with van der Waals surface area (Å²) in [4.78, 5) is 4.53. The fraction of sp³-hybridized carbons (Fsp3) is 0.571. The molecule has 5 nitrogen and oxygen atoms in total. The molecule has 1 unspecified atom stereocenters. The van der Waals surface area contributed by atoms with Crippen LogP contribution in [0.25, 0.3) is 0 Å². The molecular weight excluding hydrogens is 278 g/mol. The van der Waals surface area contributed by atoms with Crippen LogP contribution in [0, 0.1) is 0 Å². The normalized spacial score (nSPS) is 18.1.